The third kappa shape index (κ3) is 5.66. The van der Waals surface area contributed by atoms with E-state index in [0.717, 1.165) is 77.8 Å². The smallest absolute Gasteiger partial charge is 0.161 e. The molecule has 0 atom stereocenters. The van der Waals surface area contributed by atoms with Crippen molar-refractivity contribution in [2.24, 2.45) is 0 Å². The van der Waals surface area contributed by atoms with E-state index in [1.54, 1.807) is 0 Å². The van der Waals surface area contributed by atoms with Crippen LogP contribution in [0, 0.1) is 0 Å². The second-order valence-electron chi connectivity index (χ2n) is 14.4. The summed E-state index contributed by atoms with van der Waals surface area (Å²) in [7, 11) is 0. The van der Waals surface area contributed by atoms with Crippen LogP contribution in [0.25, 0.3) is 105 Å². The van der Waals surface area contributed by atoms with Gasteiger partial charge in [-0.25, -0.2) is 15.0 Å². The molecular formula is C53H34N4. The number of pyridine rings is 1. The molecule has 57 heavy (non-hydrogen) atoms. The zero-order valence-electron chi connectivity index (χ0n) is 30.9. The van der Waals surface area contributed by atoms with Gasteiger partial charge in [-0.05, 0) is 64.4 Å². The minimum Gasteiger partial charge on any atom is -0.309 e. The van der Waals surface area contributed by atoms with Crippen molar-refractivity contribution >= 4 is 43.5 Å². The summed E-state index contributed by atoms with van der Waals surface area (Å²) in [6.45, 7) is 0. The van der Waals surface area contributed by atoms with Crippen molar-refractivity contribution in [3.63, 3.8) is 0 Å². The predicted molar refractivity (Wildman–Crippen MR) is 236 cm³/mol. The van der Waals surface area contributed by atoms with Crippen molar-refractivity contribution in [2.75, 3.05) is 0 Å². The van der Waals surface area contributed by atoms with Crippen molar-refractivity contribution in [2.45, 2.75) is 0 Å². The van der Waals surface area contributed by atoms with Crippen LogP contribution < -0.4 is 0 Å². The largest absolute Gasteiger partial charge is 0.309 e. The zero-order valence-corrected chi connectivity index (χ0v) is 30.9. The fraction of sp³-hybridized carbons (Fsp3) is 0. The van der Waals surface area contributed by atoms with E-state index in [9.17, 15) is 0 Å². The molecule has 8 aromatic carbocycles. The summed E-state index contributed by atoms with van der Waals surface area (Å²) in [5.74, 6) is 0.675. The maximum Gasteiger partial charge on any atom is 0.161 e. The van der Waals surface area contributed by atoms with E-state index in [2.05, 4.69) is 199 Å². The molecule has 266 valence electrons. The molecule has 0 aliphatic rings. The first-order valence-corrected chi connectivity index (χ1v) is 19.3. The third-order valence-corrected chi connectivity index (χ3v) is 11.0. The Morgan fingerprint density at radius 3 is 1.51 bits per heavy atom. The van der Waals surface area contributed by atoms with Crippen LogP contribution in [0.5, 0.6) is 0 Å². The van der Waals surface area contributed by atoms with Gasteiger partial charge in [-0.2, -0.15) is 0 Å². The molecule has 0 aliphatic heterocycles. The summed E-state index contributed by atoms with van der Waals surface area (Å²) in [4.78, 5) is 15.9. The number of hydrogen-bond acceptors (Lipinski definition) is 3. The molecule has 4 heteroatoms. The van der Waals surface area contributed by atoms with Gasteiger partial charge in [0.15, 0.2) is 5.82 Å². The first-order valence-electron chi connectivity index (χ1n) is 19.3. The lowest BCUT2D eigenvalue weighted by atomic mass is 9.93. The van der Waals surface area contributed by atoms with Gasteiger partial charge in [0.05, 0.1) is 33.6 Å². The summed E-state index contributed by atoms with van der Waals surface area (Å²) in [6.07, 6.45) is 0. The highest BCUT2D eigenvalue weighted by atomic mass is 15.0. The van der Waals surface area contributed by atoms with E-state index in [0.29, 0.717) is 5.82 Å². The average Bonchev–Trinajstić information content (AvgIpc) is 3.63. The quantitative estimate of drug-likeness (QED) is 0.160. The van der Waals surface area contributed by atoms with Crippen molar-refractivity contribution in [1.29, 1.82) is 0 Å². The van der Waals surface area contributed by atoms with E-state index >= 15 is 0 Å². The topological polar surface area (TPSA) is 43.6 Å². The van der Waals surface area contributed by atoms with Gasteiger partial charge in [-0.15, -0.1) is 0 Å². The number of nitrogens with zero attached hydrogens (tertiary/aromatic N) is 4. The summed E-state index contributed by atoms with van der Waals surface area (Å²) < 4.78 is 2.35. The minimum absolute atomic E-state index is 0.675. The van der Waals surface area contributed by atoms with E-state index in [1.807, 2.05) is 12.1 Å². The van der Waals surface area contributed by atoms with E-state index in [4.69, 9.17) is 15.0 Å². The highest BCUT2D eigenvalue weighted by Gasteiger charge is 2.18. The highest BCUT2D eigenvalue weighted by molar-refractivity contribution is 6.16. The van der Waals surface area contributed by atoms with Crippen molar-refractivity contribution < 1.29 is 0 Å². The normalized spacial score (nSPS) is 11.5. The molecule has 4 nitrogen and oxygen atoms in total. The lowest BCUT2D eigenvalue weighted by molar-refractivity contribution is 1.17. The molecule has 3 heterocycles. The second-order valence-corrected chi connectivity index (χ2v) is 14.4. The van der Waals surface area contributed by atoms with Crippen molar-refractivity contribution in [1.82, 2.24) is 19.5 Å². The van der Waals surface area contributed by atoms with Crippen LogP contribution in [0.1, 0.15) is 0 Å². The molecule has 3 aromatic heterocycles. The predicted octanol–water partition coefficient (Wildman–Crippen LogP) is 13.6. The van der Waals surface area contributed by atoms with E-state index in [1.165, 1.54) is 21.8 Å². The Labute approximate surface area is 330 Å². The Balaban J connectivity index is 1.12. The molecule has 11 aromatic rings. The van der Waals surface area contributed by atoms with Gasteiger partial charge in [-0.1, -0.05) is 164 Å². The Kier molecular flexibility index (Phi) is 7.78. The monoisotopic (exact) mass is 726 g/mol. The van der Waals surface area contributed by atoms with Crippen LogP contribution in [0.2, 0.25) is 0 Å². The standard InChI is InChI=1S/C53H34N4/c1-4-16-35(17-5-1)45-33-47(36-18-6-2-7-19-36)54-46-31-30-40-43(52(45)46)26-15-27-44(40)53-55-48(37-20-8-3-9-21-37)34-49(56-53)38-22-14-23-39(32-38)57-50-28-12-10-24-41(50)42-25-11-13-29-51(42)57/h1-34H. The number of para-hydroxylation sites is 2. The number of fused-ring (bicyclic) bond motifs is 6. The maximum atomic E-state index is 5.38. The first-order chi connectivity index (χ1) is 28.3. The molecule has 0 amide bonds. The summed E-state index contributed by atoms with van der Waals surface area (Å²) in [5, 5.41) is 5.77. The van der Waals surface area contributed by atoms with Crippen LogP contribution in [-0.2, 0) is 0 Å². The second kappa shape index (κ2) is 13.6. The van der Waals surface area contributed by atoms with Gasteiger partial charge in [0.1, 0.15) is 0 Å². The molecule has 0 spiro atoms. The molecule has 0 bridgehead atoms. The molecule has 0 saturated heterocycles. The Hall–Kier alpha value is -7.69. The lowest BCUT2D eigenvalue weighted by Crippen LogP contribution is -1.98. The van der Waals surface area contributed by atoms with Gasteiger partial charge in [0.25, 0.3) is 0 Å². The van der Waals surface area contributed by atoms with Gasteiger partial charge >= 0.3 is 0 Å². The molecule has 0 radical (unpaired) electrons. The highest BCUT2D eigenvalue weighted by Crippen LogP contribution is 2.40. The number of hydrogen-bond donors (Lipinski definition) is 0. The third-order valence-electron chi connectivity index (χ3n) is 11.0. The molecule has 0 fully saturated rings. The lowest BCUT2D eigenvalue weighted by Gasteiger charge is -2.15. The van der Waals surface area contributed by atoms with Crippen molar-refractivity contribution in [3.05, 3.63) is 206 Å². The van der Waals surface area contributed by atoms with Crippen LogP contribution in [0.4, 0.5) is 0 Å². The SMILES string of the molecule is c1ccc(-c2cc(-c3cccc(-n4c5ccccc5c5ccccc54)c3)nc(-c3cccc4c3ccc3nc(-c5ccccc5)cc(-c5ccccc5)c34)n2)cc1. The molecule has 0 N–H and O–H groups in total. The van der Waals surface area contributed by atoms with E-state index < -0.39 is 0 Å². The molecule has 0 unspecified atom stereocenters. The van der Waals surface area contributed by atoms with Crippen molar-refractivity contribution in [3.8, 4) is 62.0 Å². The van der Waals surface area contributed by atoms with Gasteiger partial charge in [0.2, 0.25) is 0 Å². The van der Waals surface area contributed by atoms with Gasteiger partial charge < -0.3 is 4.57 Å². The van der Waals surface area contributed by atoms with Gasteiger partial charge in [-0.3, -0.25) is 0 Å². The Bertz CT molecular complexity index is 3230. The first kappa shape index (κ1) is 32.7. The Morgan fingerprint density at radius 1 is 0.316 bits per heavy atom. The van der Waals surface area contributed by atoms with Crippen LogP contribution in [0.3, 0.4) is 0 Å². The zero-order chi connectivity index (χ0) is 37.7. The average molecular weight is 727 g/mol. The van der Waals surface area contributed by atoms with Crippen LogP contribution in [-0.4, -0.2) is 19.5 Å². The maximum absolute atomic E-state index is 5.38. The van der Waals surface area contributed by atoms with Crippen LogP contribution >= 0.6 is 0 Å². The summed E-state index contributed by atoms with van der Waals surface area (Å²) in [6, 6.07) is 72.5. The van der Waals surface area contributed by atoms with Crippen LogP contribution in [0.15, 0.2) is 206 Å². The molecule has 0 aliphatic carbocycles. The number of benzene rings is 8. The minimum atomic E-state index is 0.675. The fourth-order valence-corrected chi connectivity index (χ4v) is 8.37. The molecule has 0 saturated carbocycles. The summed E-state index contributed by atoms with van der Waals surface area (Å²) in [5.41, 5.74) is 13.5. The van der Waals surface area contributed by atoms with Gasteiger partial charge in [0, 0.05) is 44.1 Å². The Morgan fingerprint density at radius 2 is 0.842 bits per heavy atom. The fourth-order valence-electron chi connectivity index (χ4n) is 8.37. The molecule has 11 rings (SSSR count). The number of rotatable bonds is 6. The number of aromatic nitrogens is 4. The molecular weight excluding hydrogens is 693 g/mol. The van der Waals surface area contributed by atoms with E-state index in [-0.39, 0.29) is 0 Å². The summed E-state index contributed by atoms with van der Waals surface area (Å²) >= 11 is 0.